The number of carbonyl (C=O) groups excluding carboxylic acids is 2. The molecule has 0 radical (unpaired) electrons. The monoisotopic (exact) mass is 362 g/mol. The highest BCUT2D eigenvalue weighted by molar-refractivity contribution is 9.10. The number of fused-ring (bicyclic) bond motifs is 1. The average molecular weight is 363 g/mol. The SMILES string of the molecule is Cc1cc(NC(=O)c2cc3n(n2)CCCNC3=O)ccc1Br. The number of aromatic nitrogens is 2. The second kappa shape index (κ2) is 5.92. The molecule has 1 aromatic heterocycles. The molecule has 2 aromatic rings. The van der Waals surface area contributed by atoms with Crippen LogP contribution in [0.2, 0.25) is 0 Å². The van der Waals surface area contributed by atoms with Crippen molar-refractivity contribution < 1.29 is 9.59 Å². The number of carbonyl (C=O) groups is 2. The van der Waals surface area contributed by atoms with Crippen LogP contribution in [0.1, 0.15) is 33.0 Å². The lowest BCUT2D eigenvalue weighted by Crippen LogP contribution is -2.22. The van der Waals surface area contributed by atoms with Crippen LogP contribution in [0.25, 0.3) is 0 Å². The van der Waals surface area contributed by atoms with Gasteiger partial charge in [0, 0.05) is 29.3 Å². The van der Waals surface area contributed by atoms with Gasteiger partial charge in [0.05, 0.1) is 0 Å². The van der Waals surface area contributed by atoms with Gasteiger partial charge in [-0.25, -0.2) is 0 Å². The first-order valence-electron chi connectivity index (χ1n) is 6.98. The van der Waals surface area contributed by atoms with Crippen LogP contribution in [-0.2, 0) is 6.54 Å². The van der Waals surface area contributed by atoms with Crippen molar-refractivity contribution in [2.45, 2.75) is 19.9 Å². The third-order valence-corrected chi connectivity index (χ3v) is 4.38. The molecule has 0 saturated carbocycles. The average Bonchev–Trinajstić information content (AvgIpc) is 2.84. The molecule has 0 atom stereocenters. The van der Waals surface area contributed by atoms with Crippen LogP contribution in [0.4, 0.5) is 5.69 Å². The molecule has 2 N–H and O–H groups in total. The molecule has 1 aromatic carbocycles. The molecule has 2 amide bonds. The maximum absolute atomic E-state index is 12.3. The Kier molecular flexibility index (Phi) is 3.98. The minimum Gasteiger partial charge on any atom is -0.351 e. The van der Waals surface area contributed by atoms with E-state index < -0.39 is 0 Å². The van der Waals surface area contributed by atoms with Gasteiger partial charge in [0.15, 0.2) is 5.69 Å². The van der Waals surface area contributed by atoms with Crippen molar-refractivity contribution in [3.63, 3.8) is 0 Å². The lowest BCUT2D eigenvalue weighted by Gasteiger charge is -2.05. The fraction of sp³-hybridized carbons (Fsp3) is 0.267. The van der Waals surface area contributed by atoms with Gasteiger partial charge in [-0.1, -0.05) is 15.9 Å². The van der Waals surface area contributed by atoms with Crippen LogP contribution >= 0.6 is 15.9 Å². The fourth-order valence-electron chi connectivity index (χ4n) is 2.32. The number of hydrogen-bond donors (Lipinski definition) is 2. The maximum Gasteiger partial charge on any atom is 0.276 e. The van der Waals surface area contributed by atoms with E-state index >= 15 is 0 Å². The summed E-state index contributed by atoms with van der Waals surface area (Å²) in [5, 5.41) is 9.81. The lowest BCUT2D eigenvalue weighted by atomic mass is 10.2. The predicted octanol–water partition coefficient (Wildman–Crippen LogP) is 2.34. The van der Waals surface area contributed by atoms with E-state index in [0.29, 0.717) is 24.5 Å². The van der Waals surface area contributed by atoms with E-state index in [4.69, 9.17) is 0 Å². The largest absolute Gasteiger partial charge is 0.351 e. The molecule has 0 aliphatic carbocycles. The minimum atomic E-state index is -0.324. The molecule has 3 rings (SSSR count). The molecule has 0 bridgehead atoms. The van der Waals surface area contributed by atoms with E-state index in [1.54, 1.807) is 4.68 Å². The van der Waals surface area contributed by atoms with E-state index in [-0.39, 0.29) is 17.5 Å². The number of nitrogens with one attached hydrogen (secondary N) is 2. The topological polar surface area (TPSA) is 76.0 Å². The minimum absolute atomic E-state index is 0.191. The fourth-order valence-corrected chi connectivity index (χ4v) is 2.57. The zero-order valence-electron chi connectivity index (χ0n) is 12.0. The number of anilines is 1. The summed E-state index contributed by atoms with van der Waals surface area (Å²) >= 11 is 3.42. The van der Waals surface area contributed by atoms with Crippen molar-refractivity contribution in [3.8, 4) is 0 Å². The van der Waals surface area contributed by atoms with Crippen LogP contribution in [0.3, 0.4) is 0 Å². The summed E-state index contributed by atoms with van der Waals surface area (Å²) in [5.41, 5.74) is 2.39. The van der Waals surface area contributed by atoms with Gasteiger partial charge in [0.1, 0.15) is 5.69 Å². The Bertz CT molecular complexity index is 754. The number of nitrogens with zero attached hydrogens (tertiary/aromatic N) is 2. The second-order valence-corrected chi connectivity index (χ2v) is 6.02. The third kappa shape index (κ3) is 2.89. The van der Waals surface area contributed by atoms with Crippen LogP contribution < -0.4 is 10.6 Å². The molecule has 1 aliphatic heterocycles. The Morgan fingerprint density at radius 2 is 2.23 bits per heavy atom. The van der Waals surface area contributed by atoms with Crippen LogP contribution in [0.5, 0.6) is 0 Å². The Labute approximate surface area is 136 Å². The molecule has 0 fully saturated rings. The molecular weight excluding hydrogens is 348 g/mol. The number of amides is 2. The first kappa shape index (κ1) is 14.8. The molecule has 7 heteroatoms. The highest BCUT2D eigenvalue weighted by atomic mass is 79.9. The molecule has 2 heterocycles. The van der Waals surface area contributed by atoms with Crippen LogP contribution in [0, 0.1) is 6.92 Å². The Hall–Kier alpha value is -2.15. The quantitative estimate of drug-likeness (QED) is 0.860. The molecule has 0 spiro atoms. The second-order valence-electron chi connectivity index (χ2n) is 5.17. The number of benzene rings is 1. The first-order chi connectivity index (χ1) is 10.5. The molecule has 1 aliphatic rings. The number of rotatable bonds is 2. The van der Waals surface area contributed by atoms with Crippen molar-refractivity contribution >= 4 is 33.4 Å². The first-order valence-corrected chi connectivity index (χ1v) is 7.77. The summed E-state index contributed by atoms with van der Waals surface area (Å²) in [6.07, 6.45) is 0.799. The van der Waals surface area contributed by atoms with Gasteiger partial charge in [-0.15, -0.1) is 0 Å². The van der Waals surface area contributed by atoms with E-state index in [1.807, 2.05) is 25.1 Å². The Balaban J connectivity index is 1.82. The van der Waals surface area contributed by atoms with Gasteiger partial charge in [-0.3, -0.25) is 14.3 Å². The van der Waals surface area contributed by atoms with Gasteiger partial charge < -0.3 is 10.6 Å². The Morgan fingerprint density at radius 1 is 1.41 bits per heavy atom. The summed E-state index contributed by atoms with van der Waals surface area (Å²) in [6.45, 7) is 3.20. The normalized spacial score (nSPS) is 14.0. The summed E-state index contributed by atoms with van der Waals surface area (Å²) in [6, 6.07) is 7.08. The Morgan fingerprint density at radius 3 is 3.00 bits per heavy atom. The lowest BCUT2D eigenvalue weighted by molar-refractivity contribution is 0.0949. The summed E-state index contributed by atoms with van der Waals surface area (Å²) in [4.78, 5) is 24.2. The molecule has 22 heavy (non-hydrogen) atoms. The van der Waals surface area contributed by atoms with Crippen molar-refractivity contribution in [2.75, 3.05) is 11.9 Å². The summed E-state index contributed by atoms with van der Waals surface area (Å²) in [7, 11) is 0. The zero-order chi connectivity index (χ0) is 15.7. The maximum atomic E-state index is 12.3. The third-order valence-electron chi connectivity index (χ3n) is 3.49. The standard InChI is InChI=1S/C15H15BrN4O2/c1-9-7-10(3-4-11(9)16)18-14(21)12-8-13-15(22)17-5-2-6-20(13)19-12/h3-4,7-8H,2,5-6H2,1H3,(H,17,22)(H,18,21). The van der Waals surface area contributed by atoms with Crippen molar-refractivity contribution in [1.29, 1.82) is 0 Å². The predicted molar refractivity (Wildman–Crippen MR) is 86.0 cm³/mol. The van der Waals surface area contributed by atoms with E-state index in [9.17, 15) is 9.59 Å². The van der Waals surface area contributed by atoms with Gasteiger partial charge in [0.2, 0.25) is 0 Å². The van der Waals surface area contributed by atoms with Crippen LogP contribution in [0.15, 0.2) is 28.7 Å². The molecule has 0 unspecified atom stereocenters. The number of hydrogen-bond acceptors (Lipinski definition) is 3. The van der Waals surface area contributed by atoms with Gasteiger partial charge in [0.25, 0.3) is 11.8 Å². The zero-order valence-corrected chi connectivity index (χ0v) is 13.6. The molecule has 0 saturated heterocycles. The van der Waals surface area contributed by atoms with Crippen LogP contribution in [-0.4, -0.2) is 28.1 Å². The van der Waals surface area contributed by atoms with Gasteiger partial charge in [-0.05, 0) is 37.1 Å². The summed E-state index contributed by atoms with van der Waals surface area (Å²) < 4.78 is 2.57. The highest BCUT2D eigenvalue weighted by Crippen LogP contribution is 2.20. The molecular formula is C15H15BrN4O2. The summed E-state index contributed by atoms with van der Waals surface area (Å²) in [5.74, 6) is -0.515. The number of halogens is 1. The van der Waals surface area contributed by atoms with E-state index in [1.165, 1.54) is 6.07 Å². The van der Waals surface area contributed by atoms with Crippen molar-refractivity contribution in [3.05, 3.63) is 45.7 Å². The highest BCUT2D eigenvalue weighted by Gasteiger charge is 2.21. The molecule has 6 nitrogen and oxygen atoms in total. The van der Waals surface area contributed by atoms with E-state index in [0.717, 1.165) is 16.5 Å². The van der Waals surface area contributed by atoms with Gasteiger partial charge in [-0.2, -0.15) is 5.10 Å². The number of aryl methyl sites for hydroxylation is 2. The van der Waals surface area contributed by atoms with Crippen molar-refractivity contribution in [2.24, 2.45) is 0 Å². The van der Waals surface area contributed by atoms with Gasteiger partial charge >= 0.3 is 0 Å². The van der Waals surface area contributed by atoms with Crippen molar-refractivity contribution in [1.82, 2.24) is 15.1 Å². The smallest absolute Gasteiger partial charge is 0.276 e. The van der Waals surface area contributed by atoms with E-state index in [2.05, 4.69) is 31.7 Å². The molecule has 114 valence electrons.